The standard InChI is InChI=1S/C13H17N3O3/c1-3-16(4-2)13(18)14-9-5-6-10-11(7-9)19-8-12(17)15-10/h5-7H,3-4,8H2,1-2H3,(H,14,18)(H,15,17). The van der Waals surface area contributed by atoms with Crippen molar-refractivity contribution in [3.8, 4) is 5.75 Å². The van der Waals surface area contributed by atoms with Gasteiger partial charge < -0.3 is 20.3 Å². The molecule has 0 spiro atoms. The quantitative estimate of drug-likeness (QED) is 0.874. The first-order chi connectivity index (χ1) is 9.13. The van der Waals surface area contributed by atoms with Crippen LogP contribution in [0, 0.1) is 0 Å². The van der Waals surface area contributed by atoms with Crippen molar-refractivity contribution >= 4 is 23.3 Å². The van der Waals surface area contributed by atoms with Crippen LogP contribution in [-0.4, -0.2) is 36.5 Å². The van der Waals surface area contributed by atoms with E-state index in [-0.39, 0.29) is 18.5 Å². The van der Waals surface area contributed by atoms with E-state index >= 15 is 0 Å². The van der Waals surface area contributed by atoms with E-state index in [1.807, 2.05) is 13.8 Å². The highest BCUT2D eigenvalue weighted by Gasteiger charge is 2.17. The average Bonchev–Trinajstić information content (AvgIpc) is 2.40. The Morgan fingerprint density at radius 2 is 2.16 bits per heavy atom. The van der Waals surface area contributed by atoms with Crippen LogP contribution in [0.2, 0.25) is 0 Å². The van der Waals surface area contributed by atoms with Gasteiger partial charge in [0, 0.05) is 24.8 Å². The maximum absolute atomic E-state index is 11.9. The van der Waals surface area contributed by atoms with Crippen LogP contribution in [-0.2, 0) is 4.79 Å². The molecule has 0 aromatic heterocycles. The largest absolute Gasteiger partial charge is 0.482 e. The smallest absolute Gasteiger partial charge is 0.321 e. The highest BCUT2D eigenvalue weighted by atomic mass is 16.5. The van der Waals surface area contributed by atoms with Gasteiger partial charge >= 0.3 is 6.03 Å². The number of carbonyl (C=O) groups excluding carboxylic acids is 2. The second-order valence-electron chi connectivity index (χ2n) is 4.15. The van der Waals surface area contributed by atoms with Gasteiger partial charge in [-0.2, -0.15) is 0 Å². The highest BCUT2D eigenvalue weighted by molar-refractivity contribution is 5.96. The molecule has 1 aliphatic heterocycles. The molecule has 0 saturated carbocycles. The number of carbonyl (C=O) groups is 2. The molecular weight excluding hydrogens is 246 g/mol. The lowest BCUT2D eigenvalue weighted by Crippen LogP contribution is -2.34. The number of hydrogen-bond acceptors (Lipinski definition) is 3. The van der Waals surface area contributed by atoms with Crippen LogP contribution >= 0.6 is 0 Å². The number of anilines is 2. The molecule has 0 saturated heterocycles. The molecule has 6 heteroatoms. The second-order valence-corrected chi connectivity index (χ2v) is 4.15. The number of rotatable bonds is 3. The minimum atomic E-state index is -0.174. The summed E-state index contributed by atoms with van der Waals surface area (Å²) in [7, 11) is 0. The number of fused-ring (bicyclic) bond motifs is 1. The molecule has 0 aliphatic carbocycles. The van der Waals surface area contributed by atoms with Crippen LogP contribution in [0.3, 0.4) is 0 Å². The SMILES string of the molecule is CCN(CC)C(=O)Nc1ccc2c(c1)OCC(=O)N2. The summed E-state index contributed by atoms with van der Waals surface area (Å²) >= 11 is 0. The molecule has 0 bridgehead atoms. The van der Waals surface area contributed by atoms with Crippen molar-refractivity contribution in [2.24, 2.45) is 0 Å². The topological polar surface area (TPSA) is 70.7 Å². The Balaban J connectivity index is 2.10. The lowest BCUT2D eigenvalue weighted by atomic mass is 10.2. The molecule has 1 aliphatic rings. The Labute approximate surface area is 111 Å². The summed E-state index contributed by atoms with van der Waals surface area (Å²) in [5, 5.41) is 5.50. The molecule has 1 aromatic rings. The van der Waals surface area contributed by atoms with Crippen molar-refractivity contribution in [2.75, 3.05) is 30.3 Å². The van der Waals surface area contributed by atoms with Crippen LogP contribution in [0.4, 0.5) is 16.2 Å². The van der Waals surface area contributed by atoms with Crippen molar-refractivity contribution in [3.05, 3.63) is 18.2 Å². The Hall–Kier alpha value is -2.24. The third kappa shape index (κ3) is 2.96. The fourth-order valence-corrected chi connectivity index (χ4v) is 1.87. The average molecular weight is 263 g/mol. The minimum Gasteiger partial charge on any atom is -0.482 e. The predicted molar refractivity (Wildman–Crippen MR) is 72.5 cm³/mol. The van der Waals surface area contributed by atoms with E-state index in [4.69, 9.17) is 4.74 Å². The predicted octanol–water partition coefficient (Wildman–Crippen LogP) is 1.89. The number of ether oxygens (including phenoxy) is 1. The van der Waals surface area contributed by atoms with Gasteiger partial charge in [0.05, 0.1) is 5.69 Å². The normalized spacial score (nSPS) is 13.1. The van der Waals surface area contributed by atoms with Gasteiger partial charge in [-0.3, -0.25) is 4.79 Å². The van der Waals surface area contributed by atoms with Gasteiger partial charge in [-0.05, 0) is 26.0 Å². The number of nitrogens with one attached hydrogen (secondary N) is 2. The lowest BCUT2D eigenvalue weighted by Gasteiger charge is -2.21. The highest BCUT2D eigenvalue weighted by Crippen LogP contribution is 2.30. The summed E-state index contributed by atoms with van der Waals surface area (Å²) in [4.78, 5) is 24.7. The van der Waals surface area contributed by atoms with Gasteiger partial charge in [-0.15, -0.1) is 0 Å². The van der Waals surface area contributed by atoms with E-state index in [0.717, 1.165) is 0 Å². The molecule has 3 amide bonds. The molecule has 0 fully saturated rings. The Bertz CT molecular complexity index is 498. The molecule has 1 heterocycles. The monoisotopic (exact) mass is 263 g/mol. The van der Waals surface area contributed by atoms with Crippen LogP contribution in [0.25, 0.3) is 0 Å². The molecule has 19 heavy (non-hydrogen) atoms. The Morgan fingerprint density at radius 1 is 1.42 bits per heavy atom. The van der Waals surface area contributed by atoms with Gasteiger partial charge in [-0.25, -0.2) is 4.79 Å². The molecule has 0 unspecified atom stereocenters. The maximum Gasteiger partial charge on any atom is 0.321 e. The van der Waals surface area contributed by atoms with Crippen molar-refractivity contribution in [1.29, 1.82) is 0 Å². The van der Waals surface area contributed by atoms with E-state index in [2.05, 4.69) is 10.6 Å². The van der Waals surface area contributed by atoms with Gasteiger partial charge in [0.25, 0.3) is 5.91 Å². The molecule has 2 N–H and O–H groups in total. The maximum atomic E-state index is 11.9. The number of hydrogen-bond donors (Lipinski definition) is 2. The minimum absolute atomic E-state index is 0.000441. The van der Waals surface area contributed by atoms with E-state index < -0.39 is 0 Å². The fraction of sp³-hybridized carbons (Fsp3) is 0.385. The molecular formula is C13H17N3O3. The summed E-state index contributed by atoms with van der Waals surface area (Å²) in [5.74, 6) is 0.393. The first-order valence-corrected chi connectivity index (χ1v) is 6.26. The zero-order chi connectivity index (χ0) is 13.8. The third-order valence-electron chi connectivity index (χ3n) is 2.92. The zero-order valence-electron chi connectivity index (χ0n) is 11.0. The van der Waals surface area contributed by atoms with Crippen LogP contribution in [0.15, 0.2) is 18.2 Å². The van der Waals surface area contributed by atoms with Gasteiger partial charge in [0.1, 0.15) is 5.75 Å². The molecule has 0 atom stereocenters. The van der Waals surface area contributed by atoms with Gasteiger partial charge in [0.2, 0.25) is 0 Å². The first-order valence-electron chi connectivity index (χ1n) is 6.26. The van der Waals surface area contributed by atoms with Crippen molar-refractivity contribution in [2.45, 2.75) is 13.8 Å². The van der Waals surface area contributed by atoms with Crippen molar-refractivity contribution < 1.29 is 14.3 Å². The number of benzene rings is 1. The zero-order valence-corrected chi connectivity index (χ0v) is 11.0. The summed E-state index contributed by atoms with van der Waals surface area (Å²) in [6.07, 6.45) is 0. The van der Waals surface area contributed by atoms with E-state index in [1.54, 1.807) is 23.1 Å². The second kappa shape index (κ2) is 5.60. The van der Waals surface area contributed by atoms with E-state index in [9.17, 15) is 9.59 Å². The number of amides is 3. The molecule has 1 aromatic carbocycles. The third-order valence-corrected chi connectivity index (χ3v) is 2.92. The summed E-state index contributed by atoms with van der Waals surface area (Å²) in [6.45, 7) is 5.16. The Morgan fingerprint density at radius 3 is 2.84 bits per heavy atom. The van der Waals surface area contributed by atoms with Gasteiger partial charge in [-0.1, -0.05) is 0 Å². The van der Waals surface area contributed by atoms with Crippen LogP contribution < -0.4 is 15.4 Å². The van der Waals surface area contributed by atoms with Crippen molar-refractivity contribution in [1.82, 2.24) is 4.90 Å². The molecule has 6 nitrogen and oxygen atoms in total. The lowest BCUT2D eigenvalue weighted by molar-refractivity contribution is -0.118. The van der Waals surface area contributed by atoms with Crippen molar-refractivity contribution in [3.63, 3.8) is 0 Å². The van der Waals surface area contributed by atoms with E-state index in [1.165, 1.54) is 0 Å². The van der Waals surface area contributed by atoms with E-state index in [0.29, 0.717) is 30.2 Å². The summed E-state index contributed by atoms with van der Waals surface area (Å²) in [6, 6.07) is 5.00. The molecule has 0 radical (unpaired) electrons. The number of nitrogens with zero attached hydrogens (tertiary/aromatic N) is 1. The first kappa shape index (κ1) is 13.2. The molecule has 2 rings (SSSR count). The Kier molecular flexibility index (Phi) is 3.89. The van der Waals surface area contributed by atoms with Gasteiger partial charge in [0.15, 0.2) is 6.61 Å². The number of urea groups is 1. The van der Waals surface area contributed by atoms with Crippen LogP contribution in [0.5, 0.6) is 5.75 Å². The summed E-state index contributed by atoms with van der Waals surface area (Å²) in [5.41, 5.74) is 1.27. The summed E-state index contributed by atoms with van der Waals surface area (Å²) < 4.78 is 5.29. The fourth-order valence-electron chi connectivity index (χ4n) is 1.87. The molecule has 102 valence electrons. The van der Waals surface area contributed by atoms with Crippen LogP contribution in [0.1, 0.15) is 13.8 Å².